The van der Waals surface area contributed by atoms with Gasteiger partial charge in [0.05, 0.1) is 23.3 Å². The number of benzene rings is 1. The van der Waals surface area contributed by atoms with E-state index in [0.717, 1.165) is 0 Å². The fraction of sp³-hybridized carbons (Fsp3) is 0.294. The van der Waals surface area contributed by atoms with Gasteiger partial charge in [-0.3, -0.25) is 4.79 Å². The van der Waals surface area contributed by atoms with Crippen LogP contribution in [0.5, 0.6) is 0 Å². The number of amides is 1. The van der Waals surface area contributed by atoms with Crippen LogP contribution in [0.25, 0.3) is 0 Å². The van der Waals surface area contributed by atoms with Gasteiger partial charge in [-0.1, -0.05) is 0 Å². The summed E-state index contributed by atoms with van der Waals surface area (Å²) in [5.41, 5.74) is 0.147. The van der Waals surface area contributed by atoms with E-state index >= 15 is 0 Å². The van der Waals surface area contributed by atoms with Crippen molar-refractivity contribution in [2.45, 2.75) is 24.5 Å². The third-order valence-corrected chi connectivity index (χ3v) is 4.91. The molecule has 2 aromatic rings. The van der Waals surface area contributed by atoms with Gasteiger partial charge in [0.15, 0.2) is 6.10 Å². The summed E-state index contributed by atoms with van der Waals surface area (Å²) in [7, 11) is -0.634. The molecule has 1 amide bonds. The number of esters is 1. The molecule has 0 bridgehead atoms. The highest BCUT2D eigenvalue weighted by molar-refractivity contribution is 7.89. The summed E-state index contributed by atoms with van der Waals surface area (Å²) in [6.07, 6.45) is 0.516. The molecule has 0 aliphatic heterocycles. The highest BCUT2D eigenvalue weighted by Crippen LogP contribution is 2.13. The first-order valence-electron chi connectivity index (χ1n) is 7.75. The molecule has 1 atom stereocenters. The Morgan fingerprint density at radius 1 is 1.19 bits per heavy atom. The smallest absolute Gasteiger partial charge is 0.338 e. The molecule has 1 heterocycles. The van der Waals surface area contributed by atoms with Crippen molar-refractivity contribution in [2.24, 2.45) is 0 Å². The summed E-state index contributed by atoms with van der Waals surface area (Å²) in [4.78, 5) is 25.1. The van der Waals surface area contributed by atoms with Crippen LogP contribution in [-0.2, 0) is 26.1 Å². The quantitative estimate of drug-likeness (QED) is 0.728. The molecule has 0 saturated heterocycles. The molecule has 2 rings (SSSR count). The third kappa shape index (κ3) is 4.93. The fourth-order valence-corrected chi connectivity index (χ4v) is 3.07. The summed E-state index contributed by atoms with van der Waals surface area (Å²) < 4.78 is 37.0. The summed E-state index contributed by atoms with van der Waals surface area (Å²) in [6.45, 7) is 1.49. The molecule has 1 unspecified atom stereocenters. The fourth-order valence-electron chi connectivity index (χ4n) is 2.08. The first-order valence-corrected chi connectivity index (χ1v) is 9.23. The zero-order valence-electron chi connectivity index (χ0n) is 14.6. The molecule has 140 valence electrons. The average molecular weight is 380 g/mol. The van der Waals surface area contributed by atoms with Gasteiger partial charge in [-0.25, -0.2) is 17.9 Å². The number of sulfonamides is 1. The van der Waals surface area contributed by atoms with Crippen LogP contribution in [0.2, 0.25) is 0 Å². The van der Waals surface area contributed by atoms with Crippen LogP contribution in [0, 0.1) is 0 Å². The molecule has 0 saturated carbocycles. The van der Waals surface area contributed by atoms with Gasteiger partial charge in [0, 0.05) is 14.1 Å². The van der Waals surface area contributed by atoms with Crippen molar-refractivity contribution >= 4 is 21.9 Å². The number of carbonyl (C=O) groups is 2. The predicted octanol–water partition coefficient (Wildman–Crippen LogP) is 1.39. The lowest BCUT2D eigenvalue weighted by Crippen LogP contribution is -2.34. The Hall–Kier alpha value is -2.65. The van der Waals surface area contributed by atoms with Gasteiger partial charge in [0.25, 0.3) is 5.91 Å². The molecule has 0 spiro atoms. The molecule has 1 aromatic heterocycles. The van der Waals surface area contributed by atoms with E-state index in [9.17, 15) is 18.0 Å². The molecule has 0 aliphatic rings. The maximum Gasteiger partial charge on any atom is 0.338 e. The second-order valence-corrected chi connectivity index (χ2v) is 7.48. The molecule has 0 fully saturated rings. The molecule has 26 heavy (non-hydrogen) atoms. The van der Waals surface area contributed by atoms with Crippen LogP contribution in [0.3, 0.4) is 0 Å². The van der Waals surface area contributed by atoms with Crippen molar-refractivity contribution in [2.75, 3.05) is 14.1 Å². The van der Waals surface area contributed by atoms with Gasteiger partial charge in [0.2, 0.25) is 10.0 Å². The zero-order valence-corrected chi connectivity index (χ0v) is 15.4. The second-order valence-electron chi connectivity index (χ2n) is 5.71. The zero-order chi connectivity index (χ0) is 19.3. The Morgan fingerprint density at radius 3 is 2.38 bits per heavy atom. The van der Waals surface area contributed by atoms with Crippen LogP contribution >= 0.6 is 0 Å². The van der Waals surface area contributed by atoms with Gasteiger partial charge >= 0.3 is 5.97 Å². The Labute approximate surface area is 151 Å². The molecule has 8 nitrogen and oxygen atoms in total. The third-order valence-electron chi connectivity index (χ3n) is 3.49. The minimum atomic E-state index is -3.75. The molecule has 9 heteroatoms. The van der Waals surface area contributed by atoms with Crippen molar-refractivity contribution in [3.8, 4) is 0 Å². The van der Waals surface area contributed by atoms with E-state index in [-0.39, 0.29) is 22.9 Å². The van der Waals surface area contributed by atoms with Crippen LogP contribution in [0.15, 0.2) is 52.0 Å². The molecule has 0 aliphatic carbocycles. The Kier molecular flexibility index (Phi) is 6.17. The first kappa shape index (κ1) is 19.7. The Balaban J connectivity index is 2.02. The van der Waals surface area contributed by atoms with Crippen molar-refractivity contribution in [3.63, 3.8) is 0 Å². The lowest BCUT2D eigenvalue weighted by Gasteiger charge is -2.17. The van der Waals surface area contributed by atoms with Crippen molar-refractivity contribution in [1.29, 1.82) is 0 Å². The molecule has 1 aromatic carbocycles. The first-order chi connectivity index (χ1) is 12.2. The number of hydrogen-bond donors (Lipinski definition) is 1. The van der Waals surface area contributed by atoms with E-state index in [2.05, 4.69) is 4.72 Å². The predicted molar refractivity (Wildman–Crippen MR) is 92.7 cm³/mol. The Bertz CT molecular complexity index is 857. The van der Waals surface area contributed by atoms with Crippen LogP contribution in [0.1, 0.15) is 23.0 Å². The van der Waals surface area contributed by atoms with E-state index in [4.69, 9.17) is 9.15 Å². The number of nitrogens with zero attached hydrogens (tertiary/aromatic N) is 1. The van der Waals surface area contributed by atoms with Gasteiger partial charge in [-0.05, 0) is 43.3 Å². The minimum Gasteiger partial charge on any atom is -0.468 e. The van der Waals surface area contributed by atoms with E-state index in [1.807, 2.05) is 0 Å². The van der Waals surface area contributed by atoms with Gasteiger partial charge < -0.3 is 14.1 Å². The number of nitrogens with one attached hydrogen (secondary N) is 1. The lowest BCUT2D eigenvalue weighted by atomic mass is 10.2. The largest absolute Gasteiger partial charge is 0.468 e. The lowest BCUT2D eigenvalue weighted by molar-refractivity contribution is -0.137. The van der Waals surface area contributed by atoms with Gasteiger partial charge in [-0.15, -0.1) is 0 Å². The summed E-state index contributed by atoms with van der Waals surface area (Å²) in [5.74, 6) is -0.576. The van der Waals surface area contributed by atoms with E-state index in [0.29, 0.717) is 5.76 Å². The van der Waals surface area contributed by atoms with Crippen LogP contribution in [0.4, 0.5) is 0 Å². The van der Waals surface area contributed by atoms with Crippen LogP contribution < -0.4 is 4.72 Å². The number of rotatable bonds is 7. The Morgan fingerprint density at radius 2 is 1.85 bits per heavy atom. The van der Waals surface area contributed by atoms with Gasteiger partial charge in [0.1, 0.15) is 5.76 Å². The molecule has 1 N–H and O–H groups in total. The maximum atomic E-state index is 12.2. The minimum absolute atomic E-state index is 0.00183. The summed E-state index contributed by atoms with van der Waals surface area (Å²) in [5, 5.41) is 0. The number of likely N-dealkylation sites (N-methyl/N-ethyl adjacent to an activating group) is 1. The topological polar surface area (TPSA) is 106 Å². The number of hydrogen-bond acceptors (Lipinski definition) is 6. The highest BCUT2D eigenvalue weighted by Gasteiger charge is 2.21. The highest BCUT2D eigenvalue weighted by atomic mass is 32.2. The second kappa shape index (κ2) is 8.15. The number of ether oxygens (including phenoxy) is 1. The van der Waals surface area contributed by atoms with Gasteiger partial charge in [-0.2, -0.15) is 0 Å². The van der Waals surface area contributed by atoms with Crippen molar-refractivity contribution < 1.29 is 27.2 Å². The molecular formula is C17H20N2O6S. The summed E-state index contributed by atoms with van der Waals surface area (Å²) >= 11 is 0. The maximum absolute atomic E-state index is 12.2. The monoisotopic (exact) mass is 380 g/mol. The normalized spacial score (nSPS) is 12.4. The molecular weight excluding hydrogens is 360 g/mol. The van der Waals surface area contributed by atoms with Crippen LogP contribution in [-0.4, -0.2) is 45.4 Å². The average Bonchev–Trinajstić information content (AvgIpc) is 3.13. The summed E-state index contributed by atoms with van der Waals surface area (Å²) in [6, 6.07) is 8.55. The number of furan rings is 1. The van der Waals surface area contributed by atoms with Crippen molar-refractivity contribution in [3.05, 3.63) is 54.0 Å². The van der Waals surface area contributed by atoms with Crippen molar-refractivity contribution in [1.82, 2.24) is 9.62 Å². The van der Waals surface area contributed by atoms with E-state index < -0.39 is 22.1 Å². The SMILES string of the molecule is CC(OC(=O)c1ccc(S(=O)(=O)NCc2ccco2)cc1)C(=O)N(C)C. The number of carbonyl (C=O) groups excluding carboxylic acids is 2. The standard InChI is InChI=1S/C17H20N2O6S/c1-12(16(20)19(2)3)25-17(21)13-6-8-15(9-7-13)26(22,23)18-11-14-5-4-10-24-14/h4-10,12,18H,11H2,1-3H3. The molecule has 0 radical (unpaired) electrons. The van der Waals surface area contributed by atoms with E-state index in [1.165, 1.54) is 42.4 Å². The van der Waals surface area contributed by atoms with E-state index in [1.54, 1.807) is 26.2 Å².